The highest BCUT2D eigenvalue weighted by Crippen LogP contribution is 2.30. The molecule has 0 atom stereocenters. The van der Waals surface area contributed by atoms with E-state index in [2.05, 4.69) is 4.98 Å². The van der Waals surface area contributed by atoms with Gasteiger partial charge < -0.3 is 16.4 Å². The first-order valence-corrected chi connectivity index (χ1v) is 9.66. The number of nitrogen functional groups attached to an aromatic ring is 1. The number of anilines is 1. The van der Waals surface area contributed by atoms with E-state index in [-0.39, 0.29) is 24.2 Å². The van der Waals surface area contributed by atoms with E-state index < -0.39 is 0 Å². The van der Waals surface area contributed by atoms with E-state index >= 15 is 0 Å². The van der Waals surface area contributed by atoms with Gasteiger partial charge in [0.15, 0.2) is 0 Å². The molecule has 30 heavy (non-hydrogen) atoms. The average molecular weight is 407 g/mol. The fraction of sp³-hybridized carbons (Fsp3) is 0.227. The predicted molar refractivity (Wildman–Crippen MR) is 113 cm³/mol. The van der Waals surface area contributed by atoms with E-state index in [4.69, 9.17) is 11.5 Å². The topological polar surface area (TPSA) is 106 Å². The molecule has 2 amide bonds. The molecule has 1 aromatic heterocycles. The Morgan fingerprint density at radius 3 is 2.43 bits per heavy atom. The van der Waals surface area contributed by atoms with E-state index in [1.54, 1.807) is 11.0 Å². The third kappa shape index (κ3) is 3.95. The van der Waals surface area contributed by atoms with Crippen molar-refractivity contribution in [3.05, 3.63) is 60.0 Å². The maximum Gasteiger partial charge on any atom is 0.256 e. The number of fused-ring (bicyclic) bond motifs is 1. The summed E-state index contributed by atoms with van der Waals surface area (Å²) in [7, 11) is 0. The second-order valence-electron chi connectivity index (χ2n) is 7.36. The highest BCUT2D eigenvalue weighted by Gasteiger charge is 2.24. The van der Waals surface area contributed by atoms with Gasteiger partial charge in [-0.3, -0.25) is 14.5 Å². The lowest BCUT2D eigenvalue weighted by molar-refractivity contribution is -0.119. The molecule has 2 heterocycles. The molecular formula is C22H22FN5O2. The van der Waals surface area contributed by atoms with Gasteiger partial charge in [0, 0.05) is 37.8 Å². The van der Waals surface area contributed by atoms with Crippen LogP contribution < -0.4 is 11.5 Å². The summed E-state index contributed by atoms with van der Waals surface area (Å²) in [5.41, 5.74) is 13.3. The molecule has 1 fully saturated rings. The number of primary amides is 1. The van der Waals surface area contributed by atoms with E-state index in [1.165, 1.54) is 18.3 Å². The number of benzene rings is 2. The van der Waals surface area contributed by atoms with Crippen molar-refractivity contribution in [2.24, 2.45) is 5.73 Å². The second kappa shape index (κ2) is 8.08. The number of pyridine rings is 1. The van der Waals surface area contributed by atoms with Gasteiger partial charge in [-0.15, -0.1) is 0 Å². The Labute approximate surface area is 173 Å². The van der Waals surface area contributed by atoms with Crippen LogP contribution in [0.1, 0.15) is 10.4 Å². The molecule has 2 aromatic carbocycles. The quantitative estimate of drug-likeness (QED) is 0.687. The number of hydrogen-bond acceptors (Lipinski definition) is 5. The number of aromatic nitrogens is 1. The average Bonchev–Trinajstić information content (AvgIpc) is 2.73. The molecule has 1 aliphatic heterocycles. The molecule has 1 aliphatic rings. The monoisotopic (exact) mass is 407 g/mol. The van der Waals surface area contributed by atoms with Gasteiger partial charge in [-0.1, -0.05) is 24.3 Å². The fourth-order valence-corrected chi connectivity index (χ4v) is 3.78. The lowest BCUT2D eigenvalue weighted by Crippen LogP contribution is -2.50. The van der Waals surface area contributed by atoms with Gasteiger partial charge in [-0.2, -0.15) is 0 Å². The van der Waals surface area contributed by atoms with Crippen molar-refractivity contribution in [3.63, 3.8) is 0 Å². The SMILES string of the molecule is NC(=O)CN1CCN(C(=O)c2cnc(N)c3cc(-c4cccc(F)c4)ccc23)CC1. The Kier molecular flexibility index (Phi) is 5.33. The maximum atomic E-state index is 13.6. The van der Waals surface area contributed by atoms with Gasteiger partial charge in [-0.25, -0.2) is 9.37 Å². The van der Waals surface area contributed by atoms with Crippen molar-refractivity contribution in [2.45, 2.75) is 0 Å². The van der Waals surface area contributed by atoms with Crippen LogP contribution in [0.5, 0.6) is 0 Å². The molecule has 0 aliphatic carbocycles. The summed E-state index contributed by atoms with van der Waals surface area (Å²) in [4.78, 5) is 32.1. The molecule has 1 saturated heterocycles. The molecule has 3 aromatic rings. The van der Waals surface area contributed by atoms with Crippen LogP contribution in [0.15, 0.2) is 48.7 Å². The zero-order chi connectivity index (χ0) is 21.3. The molecule has 154 valence electrons. The van der Waals surface area contributed by atoms with Gasteiger partial charge in [0.1, 0.15) is 11.6 Å². The summed E-state index contributed by atoms with van der Waals surface area (Å²) in [6, 6.07) is 11.8. The van der Waals surface area contributed by atoms with Crippen LogP contribution in [-0.4, -0.2) is 59.3 Å². The third-order valence-electron chi connectivity index (χ3n) is 5.35. The second-order valence-corrected chi connectivity index (χ2v) is 7.36. The Morgan fingerprint density at radius 1 is 1.00 bits per heavy atom. The lowest BCUT2D eigenvalue weighted by atomic mass is 9.99. The van der Waals surface area contributed by atoms with Crippen molar-refractivity contribution in [1.29, 1.82) is 0 Å². The molecule has 0 radical (unpaired) electrons. The van der Waals surface area contributed by atoms with Crippen LogP contribution in [0.3, 0.4) is 0 Å². The first-order valence-electron chi connectivity index (χ1n) is 9.66. The number of hydrogen-bond donors (Lipinski definition) is 2. The summed E-state index contributed by atoms with van der Waals surface area (Å²) in [5.74, 6) is -0.522. The van der Waals surface area contributed by atoms with E-state index in [9.17, 15) is 14.0 Å². The zero-order valence-corrected chi connectivity index (χ0v) is 16.3. The molecule has 0 unspecified atom stereocenters. The van der Waals surface area contributed by atoms with E-state index in [1.807, 2.05) is 29.2 Å². The van der Waals surface area contributed by atoms with Gasteiger partial charge in [0.05, 0.1) is 12.1 Å². The van der Waals surface area contributed by atoms with Crippen molar-refractivity contribution >= 4 is 28.4 Å². The Bertz CT molecular complexity index is 1130. The van der Waals surface area contributed by atoms with Crippen LogP contribution in [0.25, 0.3) is 21.9 Å². The summed E-state index contributed by atoms with van der Waals surface area (Å²) in [6.45, 7) is 2.35. The van der Waals surface area contributed by atoms with Gasteiger partial charge >= 0.3 is 0 Å². The summed E-state index contributed by atoms with van der Waals surface area (Å²) in [6.07, 6.45) is 1.50. The van der Waals surface area contributed by atoms with Gasteiger partial charge in [-0.05, 0) is 34.7 Å². The molecule has 4 rings (SSSR count). The van der Waals surface area contributed by atoms with Crippen LogP contribution in [0.4, 0.5) is 10.2 Å². The van der Waals surface area contributed by atoms with Gasteiger partial charge in [0.2, 0.25) is 5.91 Å². The normalized spacial score (nSPS) is 14.8. The zero-order valence-electron chi connectivity index (χ0n) is 16.3. The molecule has 7 nitrogen and oxygen atoms in total. The molecule has 8 heteroatoms. The Hall–Kier alpha value is -3.52. The van der Waals surface area contributed by atoms with Crippen molar-refractivity contribution in [2.75, 3.05) is 38.5 Å². The number of carbonyl (C=O) groups excluding carboxylic acids is 2. The minimum absolute atomic E-state index is 0.135. The third-order valence-corrected chi connectivity index (χ3v) is 5.35. The molecule has 0 saturated carbocycles. The Morgan fingerprint density at radius 2 is 1.73 bits per heavy atom. The first kappa shape index (κ1) is 19.8. The maximum absolute atomic E-state index is 13.6. The first-order chi connectivity index (χ1) is 14.4. The van der Waals surface area contributed by atoms with Crippen molar-refractivity contribution < 1.29 is 14.0 Å². The van der Waals surface area contributed by atoms with E-state index in [0.29, 0.717) is 48.3 Å². The number of nitrogens with zero attached hydrogens (tertiary/aromatic N) is 3. The minimum atomic E-state index is -0.377. The summed E-state index contributed by atoms with van der Waals surface area (Å²) < 4.78 is 13.6. The van der Waals surface area contributed by atoms with E-state index in [0.717, 1.165) is 11.1 Å². The highest BCUT2D eigenvalue weighted by molar-refractivity contribution is 6.09. The lowest BCUT2D eigenvalue weighted by Gasteiger charge is -2.34. The number of halogens is 1. The summed E-state index contributed by atoms with van der Waals surface area (Å²) in [5, 5.41) is 1.35. The van der Waals surface area contributed by atoms with Crippen LogP contribution in [0, 0.1) is 5.82 Å². The van der Waals surface area contributed by atoms with Gasteiger partial charge in [0.25, 0.3) is 5.91 Å². The number of nitrogens with two attached hydrogens (primary N) is 2. The summed E-state index contributed by atoms with van der Waals surface area (Å²) >= 11 is 0. The highest BCUT2D eigenvalue weighted by atomic mass is 19.1. The largest absolute Gasteiger partial charge is 0.383 e. The van der Waals surface area contributed by atoms with Crippen LogP contribution >= 0.6 is 0 Å². The number of carbonyl (C=O) groups is 2. The smallest absolute Gasteiger partial charge is 0.256 e. The number of rotatable bonds is 4. The minimum Gasteiger partial charge on any atom is -0.383 e. The number of amides is 2. The fourth-order valence-electron chi connectivity index (χ4n) is 3.78. The standard InChI is InChI=1S/C22H22FN5O2/c23-16-3-1-2-14(10-16)15-4-5-17-18(11-15)21(25)26-12-19(17)22(30)28-8-6-27(7-9-28)13-20(24)29/h1-5,10-12H,6-9,13H2,(H2,24,29)(H2,25,26). The molecule has 0 spiro atoms. The van der Waals surface area contributed by atoms with Crippen molar-refractivity contribution in [3.8, 4) is 11.1 Å². The Balaban J connectivity index is 1.63. The predicted octanol–water partition coefficient (Wildman–Crippen LogP) is 1.87. The molecular weight excluding hydrogens is 385 g/mol. The van der Waals surface area contributed by atoms with Crippen LogP contribution in [0.2, 0.25) is 0 Å². The molecule has 0 bridgehead atoms. The molecule has 4 N–H and O–H groups in total. The van der Waals surface area contributed by atoms with Crippen molar-refractivity contribution in [1.82, 2.24) is 14.8 Å². The number of piperazine rings is 1. The van der Waals surface area contributed by atoms with Crippen LogP contribution in [-0.2, 0) is 4.79 Å².